The second-order valence-electron chi connectivity index (χ2n) is 13.4. The molecule has 0 N–H and O–H groups in total. The SMILES string of the molecule is CC(C)CC[18F].CC(C)OCC[18F].CCCCC(C)C.CCCCCOC(C)C.CCCCOC(C)C.CCCOCC(C)C. The van der Waals surface area contributed by atoms with Gasteiger partial charge in [0.1, 0.15) is 6.67 Å². The van der Waals surface area contributed by atoms with Gasteiger partial charge in [0.2, 0.25) is 0 Å². The normalized spacial score (nSPS) is 10.4. The van der Waals surface area contributed by atoms with Crippen LogP contribution in [0, 0.1) is 17.8 Å². The fourth-order valence-electron chi connectivity index (χ4n) is 2.71. The third kappa shape index (κ3) is 107. The second-order valence-corrected chi connectivity index (χ2v) is 13.4. The van der Waals surface area contributed by atoms with Crippen molar-refractivity contribution >= 4 is 0 Å². The lowest BCUT2D eigenvalue weighted by molar-refractivity contribution is 0.0681. The molecular formula is C39H88F2O4. The Balaban J connectivity index is -0.000000102. The molecule has 0 atom stereocenters. The van der Waals surface area contributed by atoms with E-state index in [0.717, 1.165) is 38.8 Å². The fraction of sp³-hybridized carbons (Fsp3) is 1.00. The van der Waals surface area contributed by atoms with Crippen LogP contribution in [-0.2, 0) is 18.9 Å². The van der Waals surface area contributed by atoms with Gasteiger partial charge < -0.3 is 18.9 Å². The van der Waals surface area contributed by atoms with E-state index < -0.39 is 0 Å². The highest BCUT2D eigenvalue weighted by Crippen LogP contribution is 2.04. The van der Waals surface area contributed by atoms with Crippen LogP contribution in [0.5, 0.6) is 0 Å². The summed E-state index contributed by atoms with van der Waals surface area (Å²) in [6.07, 6.45) is 13.2. The van der Waals surface area contributed by atoms with E-state index in [4.69, 9.17) is 18.9 Å². The van der Waals surface area contributed by atoms with Gasteiger partial charge in [-0.1, -0.05) is 108 Å². The van der Waals surface area contributed by atoms with Crippen molar-refractivity contribution < 1.29 is 27.7 Å². The first kappa shape index (κ1) is 57.0. The minimum Gasteiger partial charge on any atom is -0.381 e. The van der Waals surface area contributed by atoms with Crippen LogP contribution in [0.1, 0.15) is 175 Å². The van der Waals surface area contributed by atoms with Crippen LogP contribution >= 0.6 is 0 Å². The topological polar surface area (TPSA) is 36.9 Å². The van der Waals surface area contributed by atoms with Crippen molar-refractivity contribution in [1.82, 2.24) is 0 Å². The fourth-order valence-corrected chi connectivity index (χ4v) is 2.71. The predicted octanol–water partition coefficient (Wildman–Crippen LogP) is 13.1. The lowest BCUT2D eigenvalue weighted by Crippen LogP contribution is -2.04. The molecule has 0 aliphatic rings. The van der Waals surface area contributed by atoms with Gasteiger partial charge in [0.25, 0.3) is 0 Å². The molecule has 0 aliphatic heterocycles. The van der Waals surface area contributed by atoms with Gasteiger partial charge in [-0.05, 0) is 85.0 Å². The number of hydrogen-bond donors (Lipinski definition) is 0. The number of hydrogen-bond acceptors (Lipinski definition) is 4. The lowest BCUT2D eigenvalue weighted by Gasteiger charge is -2.05. The van der Waals surface area contributed by atoms with Crippen molar-refractivity contribution in [2.75, 3.05) is 46.4 Å². The average Bonchev–Trinajstić information content (AvgIpc) is 2.94. The van der Waals surface area contributed by atoms with E-state index in [-0.39, 0.29) is 26.1 Å². The number of unbranched alkanes of at least 4 members (excludes halogenated alkanes) is 4. The minimum atomic E-state index is -0.377. The standard InChI is InChI=1S/C8H18O.2C7H16O.C7H16.C5H11FO.C5H11F/c1-4-5-6-7-9-8(2)3;1-4-5-8-6-7(2)3;1-4-5-6-8-7(2)3;1-4-5-6-7(2)3;1-5(2)7-4-3-6;1-5(2)3-4-6/h8H,4-7H2,1-3H3;2*7H,4-6H2,1-3H3;7H,4-6H2,1-3H3;5H,3-4H2,1-2H3;5H,3-4H2,1-2H3/i;;;;2*6-1. The molecule has 6 heteroatoms. The Morgan fingerprint density at radius 1 is 0.400 bits per heavy atom. The molecule has 0 saturated carbocycles. The molecular weight excluding hydrogens is 568 g/mol. The molecule has 0 amide bonds. The van der Waals surface area contributed by atoms with Gasteiger partial charge in [0, 0.05) is 26.4 Å². The highest BCUT2D eigenvalue weighted by Gasteiger charge is 1.92. The lowest BCUT2D eigenvalue weighted by atomic mass is 10.1. The molecule has 0 unspecified atom stereocenters. The zero-order valence-electron chi connectivity index (χ0n) is 33.9. The first-order chi connectivity index (χ1) is 21.1. The summed E-state index contributed by atoms with van der Waals surface area (Å²) in [5.41, 5.74) is 0. The summed E-state index contributed by atoms with van der Waals surface area (Å²) in [5, 5.41) is 0. The van der Waals surface area contributed by atoms with Crippen LogP contribution in [0.2, 0.25) is 0 Å². The quantitative estimate of drug-likeness (QED) is 0.115. The third-order valence-electron chi connectivity index (χ3n) is 5.30. The van der Waals surface area contributed by atoms with Gasteiger partial charge >= 0.3 is 0 Å². The Morgan fingerprint density at radius 2 is 0.822 bits per heavy atom. The van der Waals surface area contributed by atoms with Gasteiger partial charge in [0.15, 0.2) is 0 Å². The molecule has 45 heavy (non-hydrogen) atoms. The van der Waals surface area contributed by atoms with E-state index in [0.29, 0.717) is 30.5 Å². The maximum atomic E-state index is 11.2. The van der Waals surface area contributed by atoms with Crippen LogP contribution < -0.4 is 0 Å². The molecule has 0 aromatic rings. The van der Waals surface area contributed by atoms with Crippen molar-refractivity contribution in [3.05, 3.63) is 0 Å². The number of alkyl halides is 2. The van der Waals surface area contributed by atoms with Crippen molar-refractivity contribution in [2.45, 2.75) is 193 Å². The van der Waals surface area contributed by atoms with Crippen molar-refractivity contribution in [1.29, 1.82) is 0 Å². The maximum Gasteiger partial charge on any atom is 0.113 e. The molecule has 4 nitrogen and oxygen atoms in total. The summed E-state index contributed by atoms with van der Waals surface area (Å²) in [6.45, 7) is 37.1. The van der Waals surface area contributed by atoms with E-state index >= 15 is 0 Å². The molecule has 0 aromatic carbocycles. The first-order valence-corrected chi connectivity index (χ1v) is 18.7. The Hall–Kier alpha value is -0.300. The molecule has 0 saturated heterocycles. The van der Waals surface area contributed by atoms with Gasteiger partial charge in [-0.3, -0.25) is 4.39 Å². The van der Waals surface area contributed by atoms with Gasteiger partial charge in [-0.2, -0.15) is 0 Å². The molecule has 282 valence electrons. The summed E-state index contributed by atoms with van der Waals surface area (Å²) in [5.74, 6) is 2.11. The summed E-state index contributed by atoms with van der Waals surface area (Å²) >= 11 is 0. The number of ether oxygens (including phenoxy) is 4. The molecule has 0 spiro atoms. The zero-order chi connectivity index (χ0) is 36.3. The first-order valence-electron chi connectivity index (χ1n) is 18.7. The van der Waals surface area contributed by atoms with Crippen molar-refractivity contribution in [2.24, 2.45) is 17.8 Å². The van der Waals surface area contributed by atoms with E-state index in [9.17, 15) is 8.78 Å². The summed E-state index contributed by atoms with van der Waals surface area (Å²) in [7, 11) is 0. The van der Waals surface area contributed by atoms with Crippen LogP contribution in [-0.4, -0.2) is 64.7 Å². The number of rotatable bonds is 21. The van der Waals surface area contributed by atoms with E-state index in [1.54, 1.807) is 0 Å². The monoisotopic (exact) mass is 657 g/mol. The predicted molar refractivity (Wildman–Crippen MR) is 199 cm³/mol. The Bertz CT molecular complexity index is 405. The maximum absolute atomic E-state index is 11.2. The van der Waals surface area contributed by atoms with Crippen molar-refractivity contribution in [3.63, 3.8) is 0 Å². The van der Waals surface area contributed by atoms with Gasteiger partial charge in [0.05, 0.1) is 31.6 Å². The van der Waals surface area contributed by atoms with Gasteiger partial charge in [-0.15, -0.1) is 0 Å². The minimum absolute atomic E-state index is 0.163. The average molecular weight is 657 g/mol. The van der Waals surface area contributed by atoms with Crippen LogP contribution in [0.4, 0.5) is 8.78 Å². The summed E-state index contributed by atoms with van der Waals surface area (Å²) in [4.78, 5) is 0. The molecule has 0 rings (SSSR count). The van der Waals surface area contributed by atoms with Gasteiger partial charge in [-0.25, -0.2) is 4.39 Å². The Morgan fingerprint density at radius 3 is 1.07 bits per heavy atom. The molecule has 0 heterocycles. The van der Waals surface area contributed by atoms with Crippen LogP contribution in [0.15, 0.2) is 0 Å². The van der Waals surface area contributed by atoms with E-state index in [2.05, 4.69) is 83.1 Å². The van der Waals surface area contributed by atoms with Crippen LogP contribution in [0.25, 0.3) is 0 Å². The van der Waals surface area contributed by atoms with Crippen molar-refractivity contribution in [3.8, 4) is 0 Å². The summed E-state index contributed by atoms with van der Waals surface area (Å²) < 4.78 is 43.2. The highest BCUT2D eigenvalue weighted by atomic mass is 18.2. The number of halogens is 2. The highest BCUT2D eigenvalue weighted by molar-refractivity contribution is 4.43. The second kappa shape index (κ2) is 53.2. The molecule has 0 radical (unpaired) electrons. The third-order valence-corrected chi connectivity index (χ3v) is 5.30. The molecule has 0 aromatic heterocycles. The Labute approximate surface area is 284 Å². The molecule has 0 fully saturated rings. The summed E-state index contributed by atoms with van der Waals surface area (Å²) in [6, 6.07) is 0. The Kier molecular flexibility index (Phi) is 67.4. The largest absolute Gasteiger partial charge is 0.381 e. The van der Waals surface area contributed by atoms with Crippen LogP contribution in [0.3, 0.4) is 0 Å². The van der Waals surface area contributed by atoms with E-state index in [1.807, 2.05) is 27.7 Å². The zero-order valence-corrected chi connectivity index (χ0v) is 33.9. The molecule has 0 bridgehead atoms. The van der Waals surface area contributed by atoms with E-state index in [1.165, 1.54) is 51.4 Å². The smallest absolute Gasteiger partial charge is 0.113 e. The molecule has 0 aliphatic carbocycles.